The number of benzene rings is 3. The number of aromatic nitrogens is 2. The average molecular weight is 368 g/mol. The van der Waals surface area contributed by atoms with Crippen molar-refractivity contribution in [2.45, 2.75) is 0 Å². The minimum atomic E-state index is -0.495. The van der Waals surface area contributed by atoms with Crippen LogP contribution in [0, 0.1) is 11.3 Å². The van der Waals surface area contributed by atoms with Gasteiger partial charge in [0.15, 0.2) is 0 Å². The largest absolute Gasteiger partial charge is 0.326 e. The summed E-state index contributed by atoms with van der Waals surface area (Å²) in [5.41, 5.74) is 2.34. The van der Waals surface area contributed by atoms with E-state index in [1.807, 2.05) is 0 Å². The fourth-order valence-electron chi connectivity index (χ4n) is 3.76. The summed E-state index contributed by atoms with van der Waals surface area (Å²) in [4.78, 5) is 42.0. The van der Waals surface area contributed by atoms with Crippen LogP contribution in [-0.4, -0.2) is 21.4 Å². The van der Waals surface area contributed by atoms with Crippen molar-refractivity contribution in [1.29, 1.82) is 5.26 Å². The highest BCUT2D eigenvalue weighted by atomic mass is 16.2. The van der Waals surface area contributed by atoms with Crippen LogP contribution in [0.15, 0.2) is 53.3 Å². The van der Waals surface area contributed by atoms with E-state index >= 15 is 0 Å². The summed E-state index contributed by atoms with van der Waals surface area (Å²) in [5.74, 6) is -0.932. The first kappa shape index (κ1) is 16.0. The molecular formula is C21H12N4O3. The molecule has 2 amide bonds. The van der Waals surface area contributed by atoms with Crippen molar-refractivity contribution in [3.05, 3.63) is 75.7 Å². The van der Waals surface area contributed by atoms with E-state index < -0.39 is 11.8 Å². The Kier molecular flexibility index (Phi) is 3.10. The third kappa shape index (κ3) is 2.00. The van der Waals surface area contributed by atoms with Gasteiger partial charge in [-0.15, -0.1) is 0 Å². The number of carbonyl (C=O) groups is 2. The SMILES string of the molecule is Cn1c(=O)[nH]c2ccc(N3C(=O)c4cccc5cc(C#N)cc(c45)C3=O)cc21. The number of hydrogen-bond donors (Lipinski definition) is 1. The molecule has 1 N–H and O–H groups in total. The van der Waals surface area contributed by atoms with Gasteiger partial charge in [-0.05, 0) is 41.8 Å². The Bertz CT molecular complexity index is 1450. The van der Waals surface area contributed by atoms with E-state index in [0.29, 0.717) is 44.2 Å². The highest BCUT2D eigenvalue weighted by Crippen LogP contribution is 2.34. The van der Waals surface area contributed by atoms with E-state index in [4.69, 9.17) is 0 Å². The lowest BCUT2D eigenvalue weighted by molar-refractivity contribution is 0.0893. The predicted octanol–water partition coefficient (Wildman–Crippen LogP) is 2.69. The number of nitriles is 1. The molecule has 0 spiro atoms. The van der Waals surface area contributed by atoms with Gasteiger partial charge in [-0.25, -0.2) is 9.69 Å². The monoisotopic (exact) mass is 368 g/mol. The number of imide groups is 1. The first-order valence-electron chi connectivity index (χ1n) is 8.54. The van der Waals surface area contributed by atoms with Crippen molar-refractivity contribution in [3.8, 4) is 6.07 Å². The molecule has 0 fully saturated rings. The van der Waals surface area contributed by atoms with Crippen LogP contribution in [0.25, 0.3) is 21.8 Å². The van der Waals surface area contributed by atoms with Gasteiger partial charge in [-0.1, -0.05) is 12.1 Å². The van der Waals surface area contributed by atoms with Gasteiger partial charge in [-0.2, -0.15) is 5.26 Å². The Labute approximate surface area is 158 Å². The highest BCUT2D eigenvalue weighted by Gasteiger charge is 2.34. The molecule has 7 nitrogen and oxygen atoms in total. The van der Waals surface area contributed by atoms with Gasteiger partial charge in [0.05, 0.1) is 33.9 Å². The van der Waals surface area contributed by atoms with Crippen LogP contribution >= 0.6 is 0 Å². The number of aromatic amines is 1. The molecule has 134 valence electrons. The van der Waals surface area contributed by atoms with Crippen LogP contribution in [0.1, 0.15) is 26.3 Å². The van der Waals surface area contributed by atoms with Gasteiger partial charge >= 0.3 is 5.69 Å². The van der Waals surface area contributed by atoms with Crippen molar-refractivity contribution in [2.75, 3.05) is 4.90 Å². The zero-order chi connectivity index (χ0) is 19.6. The number of fused-ring (bicyclic) bond motifs is 1. The lowest BCUT2D eigenvalue weighted by Crippen LogP contribution is -2.40. The summed E-state index contributed by atoms with van der Waals surface area (Å²) in [6, 6.07) is 15.3. The van der Waals surface area contributed by atoms with Crippen LogP contribution in [-0.2, 0) is 7.05 Å². The molecule has 5 rings (SSSR count). The summed E-state index contributed by atoms with van der Waals surface area (Å²) in [5, 5.41) is 10.5. The van der Waals surface area contributed by atoms with Gasteiger partial charge in [0, 0.05) is 18.0 Å². The molecule has 0 bridgehead atoms. The first-order chi connectivity index (χ1) is 13.5. The average Bonchev–Trinajstić information content (AvgIpc) is 2.99. The van der Waals surface area contributed by atoms with Crippen LogP contribution < -0.4 is 10.6 Å². The zero-order valence-corrected chi connectivity index (χ0v) is 14.7. The number of hydrogen-bond acceptors (Lipinski definition) is 4. The standard InChI is InChI=1S/C21H12N4O3/c1-24-17-9-13(5-6-16(17)23-21(24)28)25-19(26)14-4-2-3-12-7-11(10-22)8-15(18(12)14)20(25)27/h2-9H,1H3,(H,23,28). The fraction of sp³-hybridized carbons (Fsp3) is 0.0476. The molecule has 0 unspecified atom stereocenters. The van der Waals surface area contributed by atoms with Gasteiger partial charge in [0.25, 0.3) is 11.8 Å². The number of carbonyl (C=O) groups excluding carboxylic acids is 2. The molecule has 0 atom stereocenters. The molecule has 0 saturated carbocycles. The van der Waals surface area contributed by atoms with E-state index in [2.05, 4.69) is 11.1 Å². The number of amides is 2. The Hall–Kier alpha value is -4.18. The Morgan fingerprint density at radius 2 is 1.75 bits per heavy atom. The predicted molar refractivity (Wildman–Crippen MR) is 103 cm³/mol. The summed E-state index contributed by atoms with van der Waals surface area (Å²) in [6.07, 6.45) is 0. The van der Waals surface area contributed by atoms with Crippen molar-refractivity contribution in [1.82, 2.24) is 9.55 Å². The molecule has 28 heavy (non-hydrogen) atoms. The maximum atomic E-state index is 13.2. The van der Waals surface area contributed by atoms with Gasteiger partial charge in [-0.3, -0.25) is 14.2 Å². The minimum absolute atomic E-state index is 0.280. The van der Waals surface area contributed by atoms with Crippen molar-refractivity contribution < 1.29 is 9.59 Å². The quantitative estimate of drug-likeness (QED) is 0.522. The third-order valence-corrected chi connectivity index (χ3v) is 5.12. The van der Waals surface area contributed by atoms with Crippen LogP contribution in [0.4, 0.5) is 5.69 Å². The van der Waals surface area contributed by atoms with Crippen LogP contribution in [0.2, 0.25) is 0 Å². The lowest BCUT2D eigenvalue weighted by atomic mass is 9.92. The number of aryl methyl sites for hydroxylation is 1. The van der Waals surface area contributed by atoms with Crippen molar-refractivity contribution >= 4 is 39.3 Å². The number of H-pyrrole nitrogens is 1. The summed E-state index contributed by atoms with van der Waals surface area (Å²) >= 11 is 0. The van der Waals surface area contributed by atoms with E-state index in [1.54, 1.807) is 49.5 Å². The van der Waals surface area contributed by atoms with Gasteiger partial charge in [0.2, 0.25) is 0 Å². The summed E-state index contributed by atoms with van der Waals surface area (Å²) in [7, 11) is 1.61. The molecule has 0 aliphatic carbocycles. The molecule has 1 aliphatic heterocycles. The van der Waals surface area contributed by atoms with Gasteiger partial charge in [0.1, 0.15) is 0 Å². The van der Waals surface area contributed by atoms with E-state index in [1.165, 1.54) is 10.6 Å². The molecule has 4 aromatic rings. The van der Waals surface area contributed by atoms with Crippen molar-refractivity contribution in [3.63, 3.8) is 0 Å². The molecule has 2 heterocycles. The second-order valence-corrected chi connectivity index (χ2v) is 6.68. The van der Waals surface area contributed by atoms with Crippen LogP contribution in [0.5, 0.6) is 0 Å². The third-order valence-electron chi connectivity index (χ3n) is 5.12. The molecule has 7 heteroatoms. The normalized spacial score (nSPS) is 13.4. The number of rotatable bonds is 1. The molecule has 3 aromatic carbocycles. The summed E-state index contributed by atoms with van der Waals surface area (Å²) < 4.78 is 1.42. The first-order valence-corrected chi connectivity index (χ1v) is 8.54. The molecule has 0 radical (unpaired) electrons. The minimum Gasteiger partial charge on any atom is -0.306 e. The second-order valence-electron chi connectivity index (χ2n) is 6.68. The van der Waals surface area contributed by atoms with E-state index in [9.17, 15) is 19.6 Å². The Morgan fingerprint density at radius 1 is 0.964 bits per heavy atom. The van der Waals surface area contributed by atoms with Gasteiger partial charge < -0.3 is 4.98 Å². The lowest BCUT2D eigenvalue weighted by Gasteiger charge is -2.27. The Balaban J connectivity index is 1.78. The van der Waals surface area contributed by atoms with E-state index in [0.717, 1.165) is 4.90 Å². The Morgan fingerprint density at radius 3 is 2.54 bits per heavy atom. The van der Waals surface area contributed by atoms with Crippen molar-refractivity contribution in [2.24, 2.45) is 7.05 Å². The maximum absolute atomic E-state index is 13.2. The number of imidazole rings is 1. The van der Waals surface area contributed by atoms with E-state index in [-0.39, 0.29) is 5.69 Å². The summed E-state index contributed by atoms with van der Waals surface area (Å²) in [6.45, 7) is 0. The molecular weight excluding hydrogens is 356 g/mol. The maximum Gasteiger partial charge on any atom is 0.326 e. The number of nitrogens with zero attached hydrogens (tertiary/aromatic N) is 3. The number of anilines is 1. The van der Waals surface area contributed by atoms with Crippen LogP contribution in [0.3, 0.4) is 0 Å². The molecule has 1 aromatic heterocycles. The molecule has 1 aliphatic rings. The molecule has 0 saturated heterocycles. The highest BCUT2D eigenvalue weighted by molar-refractivity contribution is 6.36. The zero-order valence-electron chi connectivity index (χ0n) is 14.7. The topological polar surface area (TPSA) is 99.0 Å². The second kappa shape index (κ2) is 5.41. The number of nitrogens with one attached hydrogen (secondary N) is 1. The fourth-order valence-corrected chi connectivity index (χ4v) is 3.76. The smallest absolute Gasteiger partial charge is 0.306 e.